The second kappa shape index (κ2) is 11.7. The minimum Gasteiger partial charge on any atom is -0.357 e. The van der Waals surface area contributed by atoms with Gasteiger partial charge in [-0.1, -0.05) is 5.16 Å². The molecule has 2 heterocycles. The topological polar surface area (TPSA) is 78.6 Å². The first kappa shape index (κ1) is 23.9. The van der Waals surface area contributed by atoms with E-state index in [1.165, 1.54) is 4.90 Å². The molecule has 0 amide bonds. The predicted octanol–water partition coefficient (Wildman–Crippen LogP) is 2.72. The fourth-order valence-corrected chi connectivity index (χ4v) is 2.98. The Kier molecular flexibility index (Phi) is 10.3. The van der Waals surface area contributed by atoms with E-state index in [1.54, 1.807) is 6.92 Å². The summed E-state index contributed by atoms with van der Waals surface area (Å²) in [6.07, 6.45) is -1.60. The Bertz CT molecular complexity index is 573. The molecule has 7 nitrogen and oxygen atoms in total. The number of aliphatic imine (C=N–C) groups is 1. The van der Waals surface area contributed by atoms with Crippen LogP contribution in [0.2, 0.25) is 0 Å². The third kappa shape index (κ3) is 9.58. The van der Waals surface area contributed by atoms with E-state index in [9.17, 15) is 13.2 Å². The zero-order valence-corrected chi connectivity index (χ0v) is 18.0. The number of alkyl halides is 3. The van der Waals surface area contributed by atoms with Gasteiger partial charge in [0.25, 0.3) is 0 Å². The van der Waals surface area contributed by atoms with Crippen molar-refractivity contribution in [2.45, 2.75) is 45.8 Å². The smallest absolute Gasteiger partial charge is 0.357 e. The molecule has 156 valence electrons. The van der Waals surface area contributed by atoms with Crippen LogP contribution in [0.5, 0.6) is 0 Å². The molecule has 1 aromatic heterocycles. The first-order valence-electron chi connectivity index (χ1n) is 8.96. The minimum atomic E-state index is -4.11. The van der Waals surface area contributed by atoms with Crippen molar-refractivity contribution in [1.82, 2.24) is 25.7 Å². The fraction of sp³-hybridized carbons (Fsp3) is 0.812. The lowest BCUT2D eigenvalue weighted by molar-refractivity contribution is -0.148. The molecule has 1 aliphatic heterocycles. The Morgan fingerprint density at radius 2 is 2.00 bits per heavy atom. The molecule has 0 atom stereocenters. The number of aryl methyl sites for hydroxylation is 1. The van der Waals surface area contributed by atoms with Crippen molar-refractivity contribution < 1.29 is 17.7 Å². The Hall–Kier alpha value is -1.11. The maximum absolute atomic E-state index is 12.4. The number of likely N-dealkylation sites (tertiary alicyclic amines) is 1. The zero-order chi connectivity index (χ0) is 19.0. The summed E-state index contributed by atoms with van der Waals surface area (Å²) < 4.78 is 42.1. The van der Waals surface area contributed by atoms with Gasteiger partial charge in [-0.3, -0.25) is 4.90 Å². The fourth-order valence-electron chi connectivity index (χ4n) is 2.98. The highest BCUT2D eigenvalue weighted by Crippen LogP contribution is 2.23. The highest BCUT2D eigenvalue weighted by atomic mass is 127. The second-order valence-corrected chi connectivity index (χ2v) is 6.47. The summed E-state index contributed by atoms with van der Waals surface area (Å²) in [6.45, 7) is 5.70. The van der Waals surface area contributed by atoms with E-state index in [-0.39, 0.29) is 24.0 Å². The van der Waals surface area contributed by atoms with Gasteiger partial charge < -0.3 is 15.2 Å². The molecule has 11 heteroatoms. The molecule has 0 aromatic carbocycles. The number of piperidine rings is 1. The SMILES string of the molecule is CCNC(=NCc1noc(C)n1)NCCC1CCN(CC(F)(F)F)CC1.I. The van der Waals surface area contributed by atoms with Gasteiger partial charge in [0.1, 0.15) is 6.54 Å². The lowest BCUT2D eigenvalue weighted by atomic mass is 9.93. The van der Waals surface area contributed by atoms with E-state index in [4.69, 9.17) is 4.52 Å². The van der Waals surface area contributed by atoms with Crippen molar-refractivity contribution in [3.8, 4) is 0 Å². The Morgan fingerprint density at radius 3 is 2.56 bits per heavy atom. The Labute approximate surface area is 174 Å². The molecule has 0 bridgehead atoms. The molecular formula is C16H28F3IN6O. The van der Waals surface area contributed by atoms with Crippen LogP contribution < -0.4 is 10.6 Å². The molecule has 0 unspecified atom stereocenters. The summed E-state index contributed by atoms with van der Waals surface area (Å²) in [5, 5.41) is 10.2. The highest BCUT2D eigenvalue weighted by molar-refractivity contribution is 14.0. The molecule has 1 aliphatic rings. The number of guanidine groups is 1. The monoisotopic (exact) mass is 504 g/mol. The van der Waals surface area contributed by atoms with E-state index in [0.29, 0.717) is 43.2 Å². The number of halogens is 4. The second-order valence-electron chi connectivity index (χ2n) is 6.47. The van der Waals surface area contributed by atoms with Gasteiger partial charge in [0.15, 0.2) is 11.8 Å². The third-order valence-corrected chi connectivity index (χ3v) is 4.25. The van der Waals surface area contributed by atoms with Gasteiger partial charge in [-0.2, -0.15) is 18.2 Å². The average molecular weight is 504 g/mol. The molecule has 2 N–H and O–H groups in total. The van der Waals surface area contributed by atoms with Crippen LogP contribution in [0.25, 0.3) is 0 Å². The van der Waals surface area contributed by atoms with Crippen LogP contribution in [0.4, 0.5) is 13.2 Å². The summed E-state index contributed by atoms with van der Waals surface area (Å²) in [5.74, 6) is 2.14. The van der Waals surface area contributed by atoms with Gasteiger partial charge in [0.05, 0.1) is 6.54 Å². The van der Waals surface area contributed by atoms with Crippen molar-refractivity contribution >= 4 is 29.9 Å². The maximum atomic E-state index is 12.4. The number of hydrogen-bond acceptors (Lipinski definition) is 5. The third-order valence-electron chi connectivity index (χ3n) is 4.25. The van der Waals surface area contributed by atoms with Crippen molar-refractivity contribution in [2.75, 3.05) is 32.7 Å². The quantitative estimate of drug-likeness (QED) is 0.338. The number of nitrogens with zero attached hydrogens (tertiary/aromatic N) is 4. The van der Waals surface area contributed by atoms with Crippen LogP contribution in [0.3, 0.4) is 0 Å². The van der Waals surface area contributed by atoms with Gasteiger partial charge in [-0.05, 0) is 45.2 Å². The van der Waals surface area contributed by atoms with Gasteiger partial charge in [-0.25, -0.2) is 4.99 Å². The van der Waals surface area contributed by atoms with Crippen molar-refractivity contribution in [3.05, 3.63) is 11.7 Å². The molecule has 0 aliphatic carbocycles. The van der Waals surface area contributed by atoms with Crippen molar-refractivity contribution in [1.29, 1.82) is 0 Å². The van der Waals surface area contributed by atoms with Crippen molar-refractivity contribution in [3.63, 3.8) is 0 Å². The van der Waals surface area contributed by atoms with Gasteiger partial charge in [0.2, 0.25) is 5.89 Å². The molecule has 0 saturated carbocycles. The number of hydrogen-bond donors (Lipinski definition) is 2. The van der Waals surface area contributed by atoms with E-state index in [0.717, 1.165) is 32.4 Å². The standard InChI is InChI=1S/C16H27F3N6O.HI/c1-3-20-15(22-10-14-23-12(2)26-24-14)21-7-4-13-5-8-25(9-6-13)11-16(17,18)19;/h13H,3-11H2,1-2H3,(H2,20,21,22);1H. The summed E-state index contributed by atoms with van der Waals surface area (Å²) in [6, 6.07) is 0. The van der Waals surface area contributed by atoms with Crippen LogP contribution in [0.15, 0.2) is 9.52 Å². The van der Waals surface area contributed by atoms with E-state index in [2.05, 4.69) is 25.8 Å². The largest absolute Gasteiger partial charge is 0.401 e. The normalized spacial score (nSPS) is 16.9. The number of nitrogens with one attached hydrogen (secondary N) is 2. The molecule has 0 radical (unpaired) electrons. The molecule has 2 rings (SSSR count). The van der Waals surface area contributed by atoms with Crippen LogP contribution in [-0.2, 0) is 6.54 Å². The van der Waals surface area contributed by atoms with Gasteiger partial charge in [0, 0.05) is 20.0 Å². The lowest BCUT2D eigenvalue weighted by Crippen LogP contribution is -2.41. The summed E-state index contributed by atoms with van der Waals surface area (Å²) in [7, 11) is 0. The van der Waals surface area contributed by atoms with E-state index < -0.39 is 12.7 Å². The summed E-state index contributed by atoms with van der Waals surface area (Å²) in [4.78, 5) is 10.0. The number of rotatable bonds is 7. The van der Waals surface area contributed by atoms with Crippen LogP contribution in [0, 0.1) is 12.8 Å². The maximum Gasteiger partial charge on any atom is 0.401 e. The molecule has 0 spiro atoms. The highest BCUT2D eigenvalue weighted by Gasteiger charge is 2.32. The summed E-state index contributed by atoms with van der Waals surface area (Å²) >= 11 is 0. The van der Waals surface area contributed by atoms with Gasteiger partial charge in [-0.15, -0.1) is 24.0 Å². The minimum absolute atomic E-state index is 0. The van der Waals surface area contributed by atoms with Crippen LogP contribution in [0.1, 0.15) is 37.9 Å². The van der Waals surface area contributed by atoms with Gasteiger partial charge >= 0.3 is 6.18 Å². The van der Waals surface area contributed by atoms with E-state index in [1.807, 2.05) is 6.92 Å². The molecule has 27 heavy (non-hydrogen) atoms. The predicted molar refractivity (Wildman–Crippen MR) is 107 cm³/mol. The van der Waals surface area contributed by atoms with Crippen LogP contribution >= 0.6 is 24.0 Å². The van der Waals surface area contributed by atoms with Crippen LogP contribution in [-0.4, -0.2) is 59.9 Å². The number of aromatic nitrogens is 2. The lowest BCUT2D eigenvalue weighted by Gasteiger charge is -2.32. The van der Waals surface area contributed by atoms with Crippen molar-refractivity contribution in [2.24, 2.45) is 10.9 Å². The first-order chi connectivity index (χ1) is 12.4. The first-order valence-corrected chi connectivity index (χ1v) is 8.96. The Morgan fingerprint density at radius 1 is 1.30 bits per heavy atom. The molecule has 1 saturated heterocycles. The zero-order valence-electron chi connectivity index (χ0n) is 15.7. The van der Waals surface area contributed by atoms with E-state index >= 15 is 0 Å². The summed E-state index contributed by atoms with van der Waals surface area (Å²) in [5.41, 5.74) is 0. The molecule has 1 fully saturated rings. The molecular weight excluding hydrogens is 476 g/mol. The average Bonchev–Trinajstić information content (AvgIpc) is 2.98. The molecule has 1 aromatic rings. The Balaban J connectivity index is 0.00000364.